The van der Waals surface area contributed by atoms with Gasteiger partial charge in [0.05, 0.1) is 6.20 Å². The Bertz CT molecular complexity index is 317. The number of hydrogen-bond donors (Lipinski definition) is 3. The Kier molecular flexibility index (Phi) is 1.82. The van der Waals surface area contributed by atoms with Gasteiger partial charge in [0.15, 0.2) is 11.5 Å². The number of hydrogen-bond acceptors (Lipinski definition) is 4. The molecule has 0 aliphatic carbocycles. The van der Waals surface area contributed by atoms with Gasteiger partial charge in [-0.3, -0.25) is 9.36 Å². The van der Waals surface area contributed by atoms with Gasteiger partial charge in [0, 0.05) is 6.07 Å². The fourth-order valence-corrected chi connectivity index (χ4v) is 0.662. The third-order valence-corrected chi connectivity index (χ3v) is 1.24. The average Bonchev–Trinajstić information content (AvgIpc) is 1.97. The summed E-state index contributed by atoms with van der Waals surface area (Å²) in [4.78, 5) is 10.8. The molecule has 3 N–H and O–H groups in total. The molecule has 5 heteroatoms. The molecule has 5 nitrogen and oxygen atoms in total. The summed E-state index contributed by atoms with van der Waals surface area (Å²) in [6.45, 7) is -0.521. The van der Waals surface area contributed by atoms with Crippen LogP contribution < -0.4 is 5.56 Å². The first-order valence-corrected chi connectivity index (χ1v) is 2.88. The zero-order chi connectivity index (χ0) is 8.43. The van der Waals surface area contributed by atoms with Gasteiger partial charge in [0.25, 0.3) is 5.56 Å². The van der Waals surface area contributed by atoms with Gasteiger partial charge in [-0.2, -0.15) is 0 Å². The van der Waals surface area contributed by atoms with Crippen molar-refractivity contribution >= 4 is 0 Å². The standard InChI is InChI=1S/C6H7NO4/c8-3-7-2-5(10)4(9)1-6(7)11/h1-2,8-10H,3H2. The molecule has 0 aliphatic rings. The number of rotatable bonds is 1. The quantitative estimate of drug-likeness (QED) is 0.498. The largest absolute Gasteiger partial charge is 0.504 e. The second-order valence-electron chi connectivity index (χ2n) is 1.99. The van der Waals surface area contributed by atoms with Crippen molar-refractivity contribution in [3.63, 3.8) is 0 Å². The van der Waals surface area contributed by atoms with Crippen molar-refractivity contribution in [1.82, 2.24) is 4.57 Å². The Morgan fingerprint density at radius 2 is 2.00 bits per heavy atom. The summed E-state index contributed by atoms with van der Waals surface area (Å²) in [5.41, 5.74) is -0.567. The summed E-state index contributed by atoms with van der Waals surface area (Å²) in [6.07, 6.45) is 0.956. The van der Waals surface area contributed by atoms with Crippen LogP contribution in [0.15, 0.2) is 17.1 Å². The summed E-state index contributed by atoms with van der Waals surface area (Å²) in [7, 11) is 0. The lowest BCUT2D eigenvalue weighted by molar-refractivity contribution is 0.203. The fourth-order valence-electron chi connectivity index (χ4n) is 0.662. The van der Waals surface area contributed by atoms with Gasteiger partial charge in [0.2, 0.25) is 0 Å². The van der Waals surface area contributed by atoms with Gasteiger partial charge in [-0.15, -0.1) is 0 Å². The van der Waals surface area contributed by atoms with E-state index in [1.807, 2.05) is 0 Å². The van der Waals surface area contributed by atoms with E-state index in [0.717, 1.165) is 16.8 Å². The van der Waals surface area contributed by atoms with Crippen LogP contribution in [0.25, 0.3) is 0 Å². The van der Waals surface area contributed by atoms with Gasteiger partial charge in [0.1, 0.15) is 6.73 Å². The Hall–Kier alpha value is -1.49. The summed E-state index contributed by atoms with van der Waals surface area (Å²) in [5.74, 6) is -0.918. The van der Waals surface area contributed by atoms with E-state index in [1.165, 1.54) is 0 Å². The first-order chi connectivity index (χ1) is 5.15. The number of pyridine rings is 1. The van der Waals surface area contributed by atoms with Gasteiger partial charge in [-0.1, -0.05) is 0 Å². The molecule has 0 saturated carbocycles. The Morgan fingerprint density at radius 1 is 1.36 bits per heavy atom. The molecular formula is C6H7NO4. The third kappa shape index (κ3) is 1.32. The first kappa shape index (κ1) is 7.62. The molecule has 0 aliphatic heterocycles. The lowest BCUT2D eigenvalue weighted by Gasteiger charge is -2.01. The van der Waals surface area contributed by atoms with Crippen molar-refractivity contribution in [2.75, 3.05) is 0 Å². The molecule has 0 amide bonds. The second-order valence-corrected chi connectivity index (χ2v) is 1.99. The molecule has 0 unspecified atom stereocenters. The maximum atomic E-state index is 10.8. The number of aliphatic hydroxyl groups is 1. The Morgan fingerprint density at radius 3 is 2.55 bits per heavy atom. The summed E-state index contributed by atoms with van der Waals surface area (Å²) < 4.78 is 0.856. The Balaban J connectivity index is 3.32. The molecule has 11 heavy (non-hydrogen) atoms. The van der Waals surface area contributed by atoms with E-state index in [4.69, 9.17) is 15.3 Å². The molecule has 0 radical (unpaired) electrons. The van der Waals surface area contributed by atoms with Crippen LogP contribution in [0.3, 0.4) is 0 Å². The van der Waals surface area contributed by atoms with Gasteiger partial charge < -0.3 is 15.3 Å². The molecule has 0 fully saturated rings. The predicted octanol–water partition coefficient (Wildman–Crippen LogP) is -0.791. The molecule has 0 saturated heterocycles. The van der Waals surface area contributed by atoms with Crippen molar-refractivity contribution in [3.05, 3.63) is 22.6 Å². The van der Waals surface area contributed by atoms with Crippen LogP contribution in [0, 0.1) is 0 Å². The maximum absolute atomic E-state index is 10.8. The van der Waals surface area contributed by atoms with Crippen LogP contribution in [0.4, 0.5) is 0 Å². The molecule has 0 atom stereocenters. The summed E-state index contributed by atoms with van der Waals surface area (Å²) >= 11 is 0. The van der Waals surface area contributed by atoms with Crippen LogP contribution in [0.5, 0.6) is 11.5 Å². The van der Waals surface area contributed by atoms with Gasteiger partial charge >= 0.3 is 0 Å². The highest BCUT2D eigenvalue weighted by Gasteiger charge is 2.01. The van der Waals surface area contributed by atoms with Crippen LogP contribution >= 0.6 is 0 Å². The molecule has 1 aromatic heterocycles. The maximum Gasteiger partial charge on any atom is 0.256 e. The normalized spacial score (nSPS) is 9.91. The number of aromatic nitrogens is 1. The van der Waals surface area contributed by atoms with Crippen molar-refractivity contribution in [3.8, 4) is 11.5 Å². The topological polar surface area (TPSA) is 82.7 Å². The lowest BCUT2D eigenvalue weighted by atomic mass is 10.4. The summed E-state index contributed by atoms with van der Waals surface area (Å²) in [5, 5.41) is 26.1. The molecule has 60 valence electrons. The molecule has 0 bridgehead atoms. The fraction of sp³-hybridized carbons (Fsp3) is 0.167. The predicted molar refractivity (Wildman–Crippen MR) is 36.3 cm³/mol. The van der Waals surface area contributed by atoms with Crippen LogP contribution in [0.1, 0.15) is 0 Å². The smallest absolute Gasteiger partial charge is 0.256 e. The highest BCUT2D eigenvalue weighted by Crippen LogP contribution is 2.19. The molecule has 1 heterocycles. The van der Waals surface area contributed by atoms with Gasteiger partial charge in [-0.05, 0) is 0 Å². The molecule has 0 spiro atoms. The minimum absolute atomic E-state index is 0.432. The van der Waals surface area contributed by atoms with Crippen LogP contribution in [-0.4, -0.2) is 19.9 Å². The van der Waals surface area contributed by atoms with Gasteiger partial charge in [-0.25, -0.2) is 0 Å². The number of aromatic hydroxyl groups is 2. The van der Waals surface area contributed by atoms with E-state index in [-0.39, 0.29) is 0 Å². The highest BCUT2D eigenvalue weighted by atomic mass is 16.3. The number of nitrogens with zero attached hydrogens (tertiary/aromatic N) is 1. The van der Waals surface area contributed by atoms with Crippen molar-refractivity contribution in [2.24, 2.45) is 0 Å². The van der Waals surface area contributed by atoms with E-state index < -0.39 is 23.8 Å². The van der Waals surface area contributed by atoms with Crippen LogP contribution in [-0.2, 0) is 6.73 Å². The van der Waals surface area contributed by atoms with E-state index in [2.05, 4.69) is 0 Å². The van der Waals surface area contributed by atoms with Crippen molar-refractivity contribution in [2.45, 2.75) is 6.73 Å². The summed E-state index contributed by atoms with van der Waals surface area (Å²) in [6, 6.07) is 0.825. The SMILES string of the molecule is O=c1cc(O)c(O)cn1CO. The first-order valence-electron chi connectivity index (χ1n) is 2.88. The highest BCUT2D eigenvalue weighted by molar-refractivity contribution is 5.33. The zero-order valence-corrected chi connectivity index (χ0v) is 5.56. The van der Waals surface area contributed by atoms with E-state index in [1.54, 1.807) is 0 Å². The molecule has 1 aromatic rings. The second kappa shape index (κ2) is 2.63. The molecular weight excluding hydrogens is 150 g/mol. The minimum Gasteiger partial charge on any atom is -0.504 e. The van der Waals surface area contributed by atoms with E-state index >= 15 is 0 Å². The number of aliphatic hydroxyl groups excluding tert-OH is 1. The Labute approximate surface area is 61.8 Å². The van der Waals surface area contributed by atoms with E-state index in [9.17, 15) is 4.79 Å². The minimum atomic E-state index is -0.567. The average molecular weight is 157 g/mol. The third-order valence-electron chi connectivity index (χ3n) is 1.24. The van der Waals surface area contributed by atoms with Crippen LogP contribution in [0.2, 0.25) is 0 Å². The van der Waals surface area contributed by atoms with Crippen molar-refractivity contribution < 1.29 is 15.3 Å². The monoisotopic (exact) mass is 157 g/mol. The lowest BCUT2D eigenvalue weighted by Crippen LogP contribution is -2.17. The van der Waals surface area contributed by atoms with E-state index in [0.29, 0.717) is 0 Å². The molecule has 0 aromatic carbocycles. The molecule has 1 rings (SSSR count). The van der Waals surface area contributed by atoms with Crippen molar-refractivity contribution in [1.29, 1.82) is 0 Å². The zero-order valence-electron chi connectivity index (χ0n) is 5.56.